The van der Waals surface area contributed by atoms with Gasteiger partial charge in [-0.05, 0) is 48.4 Å². The number of aromatic nitrogens is 1. The molecule has 0 aliphatic rings. The van der Waals surface area contributed by atoms with Gasteiger partial charge in [-0.2, -0.15) is 0 Å². The molecule has 2 aromatic carbocycles. The Morgan fingerprint density at radius 2 is 1.55 bits per heavy atom. The molecule has 0 atom stereocenters. The quantitative estimate of drug-likeness (QED) is 0.510. The first kappa shape index (κ1) is 22.0. The van der Waals surface area contributed by atoms with Crippen LogP contribution in [0.2, 0.25) is 0 Å². The van der Waals surface area contributed by atoms with Gasteiger partial charge in [-0.15, -0.1) is 0 Å². The molecule has 0 saturated heterocycles. The van der Waals surface area contributed by atoms with E-state index in [0.717, 1.165) is 29.9 Å². The molecule has 31 heavy (non-hydrogen) atoms. The van der Waals surface area contributed by atoms with Gasteiger partial charge >= 0.3 is 0 Å². The summed E-state index contributed by atoms with van der Waals surface area (Å²) in [5, 5.41) is 5.79. The first-order valence-corrected chi connectivity index (χ1v) is 10.5. The van der Waals surface area contributed by atoms with Gasteiger partial charge in [0.15, 0.2) is 0 Å². The van der Waals surface area contributed by atoms with E-state index in [1.165, 1.54) is 0 Å². The van der Waals surface area contributed by atoms with E-state index in [2.05, 4.69) is 22.5 Å². The van der Waals surface area contributed by atoms with Gasteiger partial charge in [0.25, 0.3) is 11.8 Å². The predicted molar refractivity (Wildman–Crippen MR) is 124 cm³/mol. The number of amides is 2. The zero-order valence-electron chi connectivity index (χ0n) is 18.0. The number of unbranched alkanes of at least 4 members (excludes halogenated alkanes) is 1. The van der Waals surface area contributed by atoms with Crippen molar-refractivity contribution in [2.45, 2.75) is 26.3 Å². The summed E-state index contributed by atoms with van der Waals surface area (Å²) < 4.78 is 0. The third-order valence-electron chi connectivity index (χ3n) is 4.98. The molecule has 160 valence electrons. The van der Waals surface area contributed by atoms with Crippen molar-refractivity contribution in [3.8, 4) is 0 Å². The normalized spacial score (nSPS) is 10.4. The molecule has 6 heteroatoms. The van der Waals surface area contributed by atoms with E-state index < -0.39 is 0 Å². The lowest BCUT2D eigenvalue weighted by molar-refractivity contribution is 0.0942. The van der Waals surface area contributed by atoms with Crippen LogP contribution in [-0.2, 0) is 6.54 Å². The molecular formula is C25H28N4O2. The standard InChI is InChI=1S/C25H28N4O2/c1-3-4-16-26-24(30)20-12-10-19(11-13-20)17-28-25(31)21-14-15-23(27-18-21)29(2)22-8-6-5-7-9-22/h5-15,18H,3-4,16-17H2,1-2H3,(H,26,30)(H,28,31). The van der Waals surface area contributed by atoms with Gasteiger partial charge in [0, 0.05) is 37.6 Å². The van der Waals surface area contributed by atoms with Crippen molar-refractivity contribution < 1.29 is 9.59 Å². The number of para-hydroxylation sites is 1. The van der Waals surface area contributed by atoms with E-state index in [1.807, 2.05) is 60.5 Å². The fourth-order valence-corrected chi connectivity index (χ4v) is 3.04. The van der Waals surface area contributed by atoms with Crippen molar-refractivity contribution >= 4 is 23.3 Å². The number of anilines is 2. The van der Waals surface area contributed by atoms with Gasteiger partial charge in [0.2, 0.25) is 0 Å². The van der Waals surface area contributed by atoms with Crippen LogP contribution in [-0.4, -0.2) is 30.4 Å². The Morgan fingerprint density at radius 3 is 2.19 bits per heavy atom. The molecule has 0 saturated carbocycles. The zero-order valence-corrected chi connectivity index (χ0v) is 18.0. The van der Waals surface area contributed by atoms with Crippen LogP contribution in [0.1, 0.15) is 46.0 Å². The van der Waals surface area contributed by atoms with Crippen molar-refractivity contribution in [1.29, 1.82) is 0 Å². The third kappa shape index (κ3) is 6.15. The molecule has 0 radical (unpaired) electrons. The molecule has 0 aliphatic carbocycles. The minimum Gasteiger partial charge on any atom is -0.352 e. The molecule has 1 aromatic heterocycles. The monoisotopic (exact) mass is 416 g/mol. The second kappa shape index (κ2) is 10.9. The van der Waals surface area contributed by atoms with Gasteiger partial charge in [-0.3, -0.25) is 9.59 Å². The molecule has 0 spiro atoms. The maximum absolute atomic E-state index is 12.5. The largest absolute Gasteiger partial charge is 0.352 e. The Balaban J connectivity index is 1.53. The van der Waals surface area contributed by atoms with Crippen LogP contribution in [0.15, 0.2) is 72.9 Å². The molecular weight excluding hydrogens is 388 g/mol. The van der Waals surface area contributed by atoms with E-state index in [1.54, 1.807) is 24.4 Å². The molecule has 0 bridgehead atoms. The first-order valence-electron chi connectivity index (χ1n) is 10.5. The van der Waals surface area contributed by atoms with Crippen LogP contribution < -0.4 is 15.5 Å². The number of carbonyl (C=O) groups is 2. The predicted octanol–water partition coefficient (Wildman–Crippen LogP) is 4.31. The summed E-state index contributed by atoms with van der Waals surface area (Å²) in [5.74, 6) is 0.494. The summed E-state index contributed by atoms with van der Waals surface area (Å²) in [5.41, 5.74) is 3.06. The molecule has 1 heterocycles. The summed E-state index contributed by atoms with van der Waals surface area (Å²) in [4.78, 5) is 30.9. The lowest BCUT2D eigenvalue weighted by Gasteiger charge is -2.18. The van der Waals surface area contributed by atoms with E-state index in [-0.39, 0.29) is 11.8 Å². The van der Waals surface area contributed by atoms with Crippen LogP contribution in [0, 0.1) is 0 Å². The number of carbonyl (C=O) groups excluding carboxylic acids is 2. The van der Waals surface area contributed by atoms with Crippen LogP contribution in [0.3, 0.4) is 0 Å². The lowest BCUT2D eigenvalue weighted by atomic mass is 10.1. The number of hydrogen-bond acceptors (Lipinski definition) is 4. The average Bonchev–Trinajstić information content (AvgIpc) is 2.83. The number of nitrogens with one attached hydrogen (secondary N) is 2. The second-order valence-corrected chi connectivity index (χ2v) is 7.29. The van der Waals surface area contributed by atoms with Gasteiger partial charge in [0.05, 0.1) is 5.56 Å². The minimum atomic E-state index is -0.192. The van der Waals surface area contributed by atoms with Crippen LogP contribution in [0.4, 0.5) is 11.5 Å². The topological polar surface area (TPSA) is 74.3 Å². The lowest BCUT2D eigenvalue weighted by Crippen LogP contribution is -2.25. The maximum atomic E-state index is 12.5. The molecule has 6 nitrogen and oxygen atoms in total. The highest BCUT2D eigenvalue weighted by atomic mass is 16.2. The fraction of sp³-hybridized carbons (Fsp3) is 0.240. The number of nitrogens with zero attached hydrogens (tertiary/aromatic N) is 2. The summed E-state index contributed by atoms with van der Waals surface area (Å²) in [6.07, 6.45) is 3.59. The summed E-state index contributed by atoms with van der Waals surface area (Å²) in [6.45, 7) is 3.15. The fourth-order valence-electron chi connectivity index (χ4n) is 3.04. The number of rotatable bonds is 9. The van der Waals surface area contributed by atoms with E-state index >= 15 is 0 Å². The van der Waals surface area contributed by atoms with E-state index in [9.17, 15) is 9.59 Å². The Labute approximate surface area is 183 Å². The van der Waals surface area contributed by atoms with Gasteiger partial charge in [0.1, 0.15) is 5.82 Å². The third-order valence-corrected chi connectivity index (χ3v) is 4.98. The molecule has 0 fully saturated rings. The van der Waals surface area contributed by atoms with Crippen LogP contribution in [0.5, 0.6) is 0 Å². The first-order chi connectivity index (χ1) is 15.1. The Hall–Kier alpha value is -3.67. The summed E-state index contributed by atoms with van der Waals surface area (Å²) >= 11 is 0. The molecule has 2 amide bonds. The Kier molecular flexibility index (Phi) is 7.76. The highest BCUT2D eigenvalue weighted by Gasteiger charge is 2.10. The number of benzene rings is 2. The zero-order chi connectivity index (χ0) is 22.1. The van der Waals surface area contributed by atoms with Crippen molar-refractivity contribution in [1.82, 2.24) is 15.6 Å². The van der Waals surface area contributed by atoms with Crippen molar-refractivity contribution in [3.05, 3.63) is 89.6 Å². The minimum absolute atomic E-state index is 0.0735. The maximum Gasteiger partial charge on any atom is 0.253 e. The Bertz CT molecular complexity index is 986. The summed E-state index contributed by atoms with van der Waals surface area (Å²) in [7, 11) is 1.94. The number of pyridine rings is 1. The van der Waals surface area contributed by atoms with Crippen LogP contribution >= 0.6 is 0 Å². The Morgan fingerprint density at radius 1 is 0.871 bits per heavy atom. The molecule has 0 unspecified atom stereocenters. The van der Waals surface area contributed by atoms with Crippen molar-refractivity contribution in [2.24, 2.45) is 0 Å². The SMILES string of the molecule is CCCCNC(=O)c1ccc(CNC(=O)c2ccc(N(C)c3ccccc3)nc2)cc1. The highest BCUT2D eigenvalue weighted by Crippen LogP contribution is 2.20. The van der Waals surface area contributed by atoms with Crippen molar-refractivity contribution in [3.63, 3.8) is 0 Å². The molecule has 3 aromatic rings. The van der Waals surface area contributed by atoms with Crippen LogP contribution in [0.25, 0.3) is 0 Å². The highest BCUT2D eigenvalue weighted by molar-refractivity contribution is 5.95. The van der Waals surface area contributed by atoms with E-state index in [0.29, 0.717) is 24.2 Å². The molecule has 0 aliphatic heterocycles. The van der Waals surface area contributed by atoms with Gasteiger partial charge in [-0.25, -0.2) is 4.98 Å². The average molecular weight is 417 g/mol. The van der Waals surface area contributed by atoms with Crippen molar-refractivity contribution in [2.75, 3.05) is 18.5 Å². The number of hydrogen-bond donors (Lipinski definition) is 2. The van der Waals surface area contributed by atoms with E-state index in [4.69, 9.17) is 0 Å². The van der Waals surface area contributed by atoms with Gasteiger partial charge < -0.3 is 15.5 Å². The molecule has 2 N–H and O–H groups in total. The van der Waals surface area contributed by atoms with Gasteiger partial charge in [-0.1, -0.05) is 43.7 Å². The molecule has 3 rings (SSSR count). The summed E-state index contributed by atoms with van der Waals surface area (Å²) in [6, 6.07) is 20.8. The smallest absolute Gasteiger partial charge is 0.253 e. The second-order valence-electron chi connectivity index (χ2n) is 7.29.